The molecule has 124 valence electrons. The molecular formula is C17H25N5O. The molecule has 0 spiro atoms. The average Bonchev–Trinajstić information content (AvgIpc) is 2.99. The van der Waals surface area contributed by atoms with Gasteiger partial charge in [-0.2, -0.15) is 5.10 Å². The number of nitrogens with one attached hydrogen (secondary N) is 2. The highest BCUT2D eigenvalue weighted by molar-refractivity contribution is 5.74. The van der Waals surface area contributed by atoms with Gasteiger partial charge < -0.3 is 15.5 Å². The van der Waals surface area contributed by atoms with Crippen molar-refractivity contribution in [1.82, 2.24) is 20.4 Å². The topological polar surface area (TPSA) is 62.2 Å². The van der Waals surface area contributed by atoms with E-state index in [2.05, 4.69) is 39.7 Å². The summed E-state index contributed by atoms with van der Waals surface area (Å²) in [4.78, 5) is 14.2. The summed E-state index contributed by atoms with van der Waals surface area (Å²) < 4.78 is 1.72. The molecule has 23 heavy (non-hydrogen) atoms. The maximum atomic E-state index is 12.0. The molecule has 0 aliphatic heterocycles. The predicted octanol–water partition coefficient (Wildman–Crippen LogP) is 2.31. The molecule has 0 saturated heterocycles. The minimum absolute atomic E-state index is 0.0779. The Kier molecular flexibility index (Phi) is 5.62. The second-order valence-electron chi connectivity index (χ2n) is 5.82. The highest BCUT2D eigenvalue weighted by atomic mass is 16.2. The Bertz CT molecular complexity index is 625. The van der Waals surface area contributed by atoms with E-state index in [-0.39, 0.29) is 18.1 Å². The van der Waals surface area contributed by atoms with Crippen molar-refractivity contribution >= 4 is 11.7 Å². The third-order valence-corrected chi connectivity index (χ3v) is 3.96. The molecule has 0 bridgehead atoms. The third-order valence-electron chi connectivity index (χ3n) is 3.96. The second-order valence-corrected chi connectivity index (χ2v) is 5.82. The summed E-state index contributed by atoms with van der Waals surface area (Å²) in [6.07, 6.45) is 3.66. The van der Waals surface area contributed by atoms with Crippen LogP contribution in [-0.4, -0.2) is 35.4 Å². The number of aromatic nitrogens is 2. The number of urea groups is 1. The number of benzene rings is 1. The molecule has 1 aromatic heterocycles. The fourth-order valence-corrected chi connectivity index (χ4v) is 2.29. The summed E-state index contributed by atoms with van der Waals surface area (Å²) in [5, 5.41) is 9.96. The van der Waals surface area contributed by atoms with E-state index in [9.17, 15) is 4.79 Å². The number of nitrogens with zero attached hydrogens (tertiary/aromatic N) is 3. The molecular weight excluding hydrogens is 290 g/mol. The lowest BCUT2D eigenvalue weighted by Crippen LogP contribution is -2.44. The van der Waals surface area contributed by atoms with Gasteiger partial charge in [-0.05, 0) is 26.0 Å². The number of hydrogen-bond donors (Lipinski definition) is 2. The maximum absolute atomic E-state index is 12.0. The minimum Gasteiger partial charge on any atom is -0.370 e. The van der Waals surface area contributed by atoms with E-state index >= 15 is 0 Å². The molecule has 0 radical (unpaired) electrons. The molecule has 2 rings (SSSR count). The molecule has 1 heterocycles. The SMILES string of the molecule is C[C@H](CNC(=O)N[C@H](C)c1cnn(C)c1)N(C)c1ccccc1. The lowest BCUT2D eigenvalue weighted by atomic mass is 10.2. The van der Waals surface area contributed by atoms with E-state index in [1.54, 1.807) is 10.9 Å². The fraction of sp³-hybridized carbons (Fsp3) is 0.412. The highest BCUT2D eigenvalue weighted by Gasteiger charge is 2.14. The Morgan fingerprint density at radius 2 is 2.00 bits per heavy atom. The first-order valence-corrected chi connectivity index (χ1v) is 7.78. The smallest absolute Gasteiger partial charge is 0.315 e. The highest BCUT2D eigenvalue weighted by Crippen LogP contribution is 2.13. The average molecular weight is 315 g/mol. The molecule has 0 unspecified atom stereocenters. The Labute approximate surface area is 137 Å². The van der Waals surface area contributed by atoms with Crippen molar-refractivity contribution < 1.29 is 4.79 Å². The normalized spacial score (nSPS) is 13.2. The molecule has 2 aromatic rings. The van der Waals surface area contributed by atoms with Crippen LogP contribution >= 0.6 is 0 Å². The van der Waals surface area contributed by atoms with E-state index in [1.807, 2.05) is 45.4 Å². The number of aryl methyl sites for hydroxylation is 1. The van der Waals surface area contributed by atoms with Gasteiger partial charge in [-0.3, -0.25) is 4.68 Å². The molecule has 0 saturated carbocycles. The van der Waals surface area contributed by atoms with Crippen LogP contribution in [0.5, 0.6) is 0 Å². The lowest BCUT2D eigenvalue weighted by molar-refractivity contribution is 0.237. The molecule has 6 heteroatoms. The maximum Gasteiger partial charge on any atom is 0.315 e. The van der Waals surface area contributed by atoms with Crippen molar-refractivity contribution in [2.24, 2.45) is 7.05 Å². The van der Waals surface area contributed by atoms with Crippen LogP contribution in [0, 0.1) is 0 Å². The lowest BCUT2D eigenvalue weighted by Gasteiger charge is -2.27. The van der Waals surface area contributed by atoms with Gasteiger partial charge in [0.25, 0.3) is 0 Å². The van der Waals surface area contributed by atoms with Crippen molar-refractivity contribution in [2.75, 3.05) is 18.5 Å². The van der Waals surface area contributed by atoms with Crippen molar-refractivity contribution in [3.05, 3.63) is 48.3 Å². The zero-order chi connectivity index (χ0) is 16.8. The molecule has 0 aliphatic rings. The number of rotatable bonds is 6. The summed E-state index contributed by atoms with van der Waals surface area (Å²) in [5.74, 6) is 0. The first kappa shape index (κ1) is 16.9. The Balaban J connectivity index is 1.79. The molecule has 6 nitrogen and oxygen atoms in total. The van der Waals surface area contributed by atoms with Crippen LogP contribution in [0.2, 0.25) is 0 Å². The van der Waals surface area contributed by atoms with Crippen LogP contribution < -0.4 is 15.5 Å². The van der Waals surface area contributed by atoms with Gasteiger partial charge in [0.1, 0.15) is 0 Å². The van der Waals surface area contributed by atoms with Gasteiger partial charge in [0.15, 0.2) is 0 Å². The first-order valence-electron chi connectivity index (χ1n) is 7.78. The van der Waals surface area contributed by atoms with Crippen LogP contribution in [0.25, 0.3) is 0 Å². The van der Waals surface area contributed by atoms with E-state index in [0.717, 1.165) is 11.3 Å². The predicted molar refractivity (Wildman–Crippen MR) is 92.5 cm³/mol. The summed E-state index contributed by atoms with van der Waals surface area (Å²) in [6.45, 7) is 4.59. The number of likely N-dealkylation sites (N-methyl/N-ethyl adjacent to an activating group) is 1. The zero-order valence-electron chi connectivity index (χ0n) is 14.2. The van der Waals surface area contributed by atoms with E-state index in [4.69, 9.17) is 0 Å². The minimum atomic E-state index is -0.172. The number of amides is 2. The van der Waals surface area contributed by atoms with Crippen molar-refractivity contribution in [3.8, 4) is 0 Å². The Hall–Kier alpha value is -2.50. The number of carbonyl (C=O) groups is 1. The monoisotopic (exact) mass is 315 g/mol. The largest absolute Gasteiger partial charge is 0.370 e. The van der Waals surface area contributed by atoms with Crippen LogP contribution in [0.15, 0.2) is 42.7 Å². The van der Waals surface area contributed by atoms with Crippen molar-refractivity contribution in [2.45, 2.75) is 25.9 Å². The summed E-state index contributed by atoms with van der Waals surface area (Å²) in [6, 6.07) is 10.1. The quantitative estimate of drug-likeness (QED) is 0.860. The molecule has 1 aromatic carbocycles. The van der Waals surface area contributed by atoms with Gasteiger partial charge in [0.2, 0.25) is 0 Å². The Morgan fingerprint density at radius 1 is 1.30 bits per heavy atom. The van der Waals surface area contributed by atoms with Crippen molar-refractivity contribution in [1.29, 1.82) is 0 Å². The van der Waals surface area contributed by atoms with Gasteiger partial charge in [0.05, 0.1) is 12.2 Å². The molecule has 0 fully saturated rings. The number of anilines is 1. The summed E-state index contributed by atoms with van der Waals surface area (Å²) in [7, 11) is 3.88. The van der Waals surface area contributed by atoms with E-state index in [1.165, 1.54) is 0 Å². The van der Waals surface area contributed by atoms with Gasteiger partial charge >= 0.3 is 6.03 Å². The fourth-order valence-electron chi connectivity index (χ4n) is 2.29. The van der Waals surface area contributed by atoms with E-state index < -0.39 is 0 Å². The number of carbonyl (C=O) groups excluding carboxylic acids is 1. The van der Waals surface area contributed by atoms with Crippen LogP contribution in [-0.2, 0) is 7.05 Å². The van der Waals surface area contributed by atoms with Gasteiger partial charge in [0, 0.05) is 44.1 Å². The standard InChI is InChI=1S/C17H25N5O/c1-13(22(4)16-8-6-5-7-9-16)10-18-17(23)20-14(2)15-11-19-21(3)12-15/h5-9,11-14H,10H2,1-4H3,(H2,18,20,23)/t13-,14-/m1/s1. The summed E-state index contributed by atoms with van der Waals surface area (Å²) in [5.41, 5.74) is 2.11. The first-order chi connectivity index (χ1) is 11.0. The molecule has 2 N–H and O–H groups in total. The number of para-hydroxylation sites is 1. The van der Waals surface area contributed by atoms with Gasteiger partial charge in [-0.1, -0.05) is 18.2 Å². The molecule has 0 aliphatic carbocycles. The number of hydrogen-bond acceptors (Lipinski definition) is 3. The second kappa shape index (κ2) is 7.67. The zero-order valence-corrected chi connectivity index (χ0v) is 14.2. The van der Waals surface area contributed by atoms with Crippen LogP contribution in [0.1, 0.15) is 25.5 Å². The van der Waals surface area contributed by atoms with Gasteiger partial charge in [-0.25, -0.2) is 4.79 Å². The van der Waals surface area contributed by atoms with E-state index in [0.29, 0.717) is 6.54 Å². The molecule has 2 amide bonds. The van der Waals surface area contributed by atoms with Crippen LogP contribution in [0.4, 0.5) is 10.5 Å². The Morgan fingerprint density at radius 3 is 2.61 bits per heavy atom. The van der Waals surface area contributed by atoms with Crippen molar-refractivity contribution in [3.63, 3.8) is 0 Å². The third kappa shape index (κ3) is 4.74. The van der Waals surface area contributed by atoms with Crippen LogP contribution in [0.3, 0.4) is 0 Å². The van der Waals surface area contributed by atoms with Gasteiger partial charge in [-0.15, -0.1) is 0 Å². The summed E-state index contributed by atoms with van der Waals surface area (Å²) >= 11 is 0. The molecule has 2 atom stereocenters.